The van der Waals surface area contributed by atoms with Gasteiger partial charge < -0.3 is 19.4 Å². The fraction of sp³-hybridized carbons (Fsp3) is 0.419. The number of hydrogen-bond donors (Lipinski definition) is 0. The molecule has 198 valence electrons. The maximum absolute atomic E-state index is 14.9. The van der Waals surface area contributed by atoms with Crippen LogP contribution in [-0.2, 0) is 19.1 Å². The molecule has 7 nitrogen and oxygen atoms in total. The van der Waals surface area contributed by atoms with Crippen LogP contribution in [0, 0.1) is 36.8 Å². The first-order chi connectivity index (χ1) is 18.2. The lowest BCUT2D eigenvalue weighted by atomic mass is 9.88. The van der Waals surface area contributed by atoms with Crippen molar-refractivity contribution in [2.45, 2.75) is 57.8 Å². The Kier molecular flexibility index (Phi) is 5.96. The highest BCUT2D eigenvalue weighted by molar-refractivity contribution is 5.77. The third-order valence-electron chi connectivity index (χ3n) is 8.90. The monoisotopic (exact) mass is 515 g/mol. The normalized spacial score (nSPS) is 32.2. The number of hydrogen-bond acceptors (Lipinski definition) is 6. The third kappa shape index (κ3) is 3.79. The van der Waals surface area contributed by atoms with Crippen molar-refractivity contribution < 1.29 is 23.8 Å². The first-order valence-electron chi connectivity index (χ1n) is 13.4. The molecule has 38 heavy (non-hydrogen) atoms. The summed E-state index contributed by atoms with van der Waals surface area (Å²) >= 11 is 0. The molecular formula is C31H33NO6. The van der Waals surface area contributed by atoms with Gasteiger partial charge in [0.25, 0.3) is 0 Å². The van der Waals surface area contributed by atoms with Crippen LogP contribution in [0.2, 0.25) is 0 Å². The molecule has 0 radical (unpaired) electrons. The van der Waals surface area contributed by atoms with Crippen molar-refractivity contribution in [2.75, 3.05) is 6.61 Å². The predicted molar refractivity (Wildman–Crippen MR) is 143 cm³/mol. The van der Waals surface area contributed by atoms with Gasteiger partial charge in [-0.05, 0) is 62.9 Å². The molecule has 4 aliphatic rings. The highest BCUT2D eigenvalue weighted by Crippen LogP contribution is 2.55. The topological polar surface area (TPSA) is 84.9 Å². The summed E-state index contributed by atoms with van der Waals surface area (Å²) in [6, 6.07) is 13.1. The molecule has 2 aromatic rings. The van der Waals surface area contributed by atoms with E-state index in [-0.39, 0.29) is 42.5 Å². The van der Waals surface area contributed by atoms with E-state index in [1.165, 1.54) is 0 Å². The number of allylic oxidation sites excluding steroid dienone is 2. The molecule has 6 rings (SSSR count). The fourth-order valence-electron chi connectivity index (χ4n) is 7.04. The van der Waals surface area contributed by atoms with Crippen molar-refractivity contribution in [1.82, 2.24) is 4.65 Å². The number of fused-ring (bicyclic) bond motifs is 1. The Morgan fingerprint density at radius 2 is 1.84 bits per heavy atom. The number of rotatable bonds is 7. The van der Waals surface area contributed by atoms with Crippen LogP contribution in [0.5, 0.6) is 5.75 Å². The minimum atomic E-state index is -0.732. The number of carbonyl (C=O) groups excluding carboxylic acids is 2. The van der Waals surface area contributed by atoms with Gasteiger partial charge in [0.05, 0.1) is 5.92 Å². The van der Waals surface area contributed by atoms with Crippen molar-refractivity contribution in [3.63, 3.8) is 0 Å². The zero-order valence-electron chi connectivity index (χ0n) is 22.0. The van der Waals surface area contributed by atoms with Crippen LogP contribution in [0.3, 0.4) is 0 Å². The van der Waals surface area contributed by atoms with Gasteiger partial charge in [-0.15, -0.1) is 0 Å². The summed E-state index contributed by atoms with van der Waals surface area (Å²) in [5, 5.41) is 14.9. The summed E-state index contributed by atoms with van der Waals surface area (Å²) in [7, 11) is 0. The number of carbonyl (C=O) groups is 2. The molecule has 7 heteroatoms. The van der Waals surface area contributed by atoms with E-state index in [1.54, 1.807) is 0 Å². The molecule has 0 N–H and O–H groups in total. The number of hydroxylamine groups is 1. The minimum absolute atomic E-state index is 0.0233. The van der Waals surface area contributed by atoms with Gasteiger partial charge in [-0.3, -0.25) is 9.44 Å². The number of esters is 2. The summed E-state index contributed by atoms with van der Waals surface area (Å²) in [6.07, 6.45) is 9.42. The average molecular weight is 516 g/mol. The summed E-state index contributed by atoms with van der Waals surface area (Å²) < 4.78 is 16.5. The zero-order valence-corrected chi connectivity index (χ0v) is 22.0. The van der Waals surface area contributed by atoms with Gasteiger partial charge in [0.1, 0.15) is 34.9 Å². The number of quaternary nitrogens is 1. The molecule has 0 spiro atoms. The minimum Gasteiger partial charge on any atom is -0.621 e. The van der Waals surface area contributed by atoms with Crippen LogP contribution >= 0.6 is 0 Å². The predicted octanol–water partition coefficient (Wildman–Crippen LogP) is 5.59. The quantitative estimate of drug-likeness (QED) is 0.272. The summed E-state index contributed by atoms with van der Waals surface area (Å²) in [5.41, 5.74) is 2.06. The molecule has 6 unspecified atom stereocenters. The van der Waals surface area contributed by atoms with Gasteiger partial charge in [0.15, 0.2) is 6.61 Å². The van der Waals surface area contributed by atoms with E-state index in [2.05, 4.69) is 0 Å². The largest absolute Gasteiger partial charge is 0.621 e. The molecule has 3 aliphatic carbocycles. The van der Waals surface area contributed by atoms with Crippen molar-refractivity contribution in [2.24, 2.45) is 17.8 Å². The van der Waals surface area contributed by atoms with Gasteiger partial charge in [-0.1, -0.05) is 36.4 Å². The molecule has 0 aromatic heterocycles. The lowest BCUT2D eigenvalue weighted by molar-refractivity contribution is -0.163. The van der Waals surface area contributed by atoms with Crippen LogP contribution in [0.15, 0.2) is 66.8 Å². The Bertz CT molecular complexity index is 1310. The Morgan fingerprint density at radius 3 is 2.53 bits per heavy atom. The van der Waals surface area contributed by atoms with Gasteiger partial charge in [-0.25, -0.2) is 4.79 Å². The van der Waals surface area contributed by atoms with E-state index < -0.39 is 16.2 Å². The van der Waals surface area contributed by atoms with Crippen LogP contribution in [0.25, 0.3) is 0 Å². The molecule has 1 saturated heterocycles. The molecule has 7 atom stereocenters. The van der Waals surface area contributed by atoms with E-state index in [0.717, 1.165) is 24.0 Å². The first-order valence-corrected chi connectivity index (χ1v) is 13.4. The van der Waals surface area contributed by atoms with E-state index in [1.807, 2.05) is 87.5 Å². The standard InChI is InChI=1S/C31H33NO6/c1-19-14-23(32(35,22-10-6-4-7-11-22)31(3)12-8-5-9-13-31)15-20(2)27(19)36-18-26(33)37-28-21-16-24-25(17-21)30(34)38-29(24)28/h4-12,14-15,21,24-25,28-29H,13,16-18H2,1-3H3/t21?,24?,25?,28?,29?,31-,32?/m0/s1. The van der Waals surface area contributed by atoms with Crippen molar-refractivity contribution in [3.8, 4) is 5.75 Å². The number of aryl methyl sites for hydroxylation is 2. The molecule has 0 amide bonds. The molecule has 2 aromatic carbocycles. The van der Waals surface area contributed by atoms with Crippen LogP contribution in [-0.4, -0.2) is 36.3 Å². The number of ether oxygens (including phenoxy) is 3. The average Bonchev–Trinajstić information content (AvgIpc) is 3.54. The van der Waals surface area contributed by atoms with E-state index >= 15 is 0 Å². The summed E-state index contributed by atoms with van der Waals surface area (Å²) in [6.45, 7) is 5.51. The molecule has 1 heterocycles. The van der Waals surface area contributed by atoms with Crippen molar-refractivity contribution >= 4 is 23.3 Å². The van der Waals surface area contributed by atoms with Gasteiger partial charge in [-0.2, -0.15) is 0 Å². The van der Waals surface area contributed by atoms with E-state index in [0.29, 0.717) is 23.5 Å². The molecule has 1 aliphatic heterocycles. The fourth-order valence-corrected chi connectivity index (χ4v) is 7.04. The number of para-hydroxylation sites is 1. The lowest BCUT2D eigenvalue weighted by Gasteiger charge is -2.53. The third-order valence-corrected chi connectivity index (χ3v) is 8.90. The van der Waals surface area contributed by atoms with Gasteiger partial charge in [0.2, 0.25) is 0 Å². The van der Waals surface area contributed by atoms with E-state index in [4.69, 9.17) is 14.2 Å². The second-order valence-corrected chi connectivity index (χ2v) is 11.3. The zero-order chi connectivity index (χ0) is 26.7. The highest BCUT2D eigenvalue weighted by Gasteiger charge is 2.63. The van der Waals surface area contributed by atoms with Crippen molar-refractivity contribution in [3.05, 3.63) is 83.1 Å². The molecular weight excluding hydrogens is 482 g/mol. The second kappa shape index (κ2) is 9.10. The number of nitrogens with zero attached hydrogens (tertiary/aromatic N) is 1. The molecule has 2 saturated carbocycles. The Labute approximate surface area is 222 Å². The smallest absolute Gasteiger partial charge is 0.344 e. The Hall–Kier alpha value is -3.42. The number of benzene rings is 2. The lowest BCUT2D eigenvalue weighted by Crippen LogP contribution is -2.56. The van der Waals surface area contributed by atoms with Crippen LogP contribution in [0.1, 0.15) is 37.3 Å². The highest BCUT2D eigenvalue weighted by atomic mass is 16.6. The Morgan fingerprint density at radius 1 is 1.11 bits per heavy atom. The van der Waals surface area contributed by atoms with Gasteiger partial charge >= 0.3 is 11.9 Å². The second-order valence-electron chi connectivity index (χ2n) is 11.3. The van der Waals surface area contributed by atoms with E-state index in [9.17, 15) is 14.8 Å². The first kappa shape index (κ1) is 24.9. The van der Waals surface area contributed by atoms with Crippen LogP contribution < -0.4 is 9.38 Å². The molecule has 2 bridgehead atoms. The maximum Gasteiger partial charge on any atom is 0.344 e. The molecule has 3 fully saturated rings. The summed E-state index contributed by atoms with van der Waals surface area (Å²) in [5.74, 6) is 0.268. The van der Waals surface area contributed by atoms with Gasteiger partial charge in [0, 0.05) is 30.4 Å². The Balaban J connectivity index is 1.22. The summed E-state index contributed by atoms with van der Waals surface area (Å²) in [4.78, 5) is 24.7. The maximum atomic E-state index is 14.9. The van der Waals surface area contributed by atoms with Crippen LogP contribution in [0.4, 0.5) is 11.4 Å². The SMILES string of the molecule is Cc1cc([N+]([O-])(c2ccccc2)[C@@]2(C)C=CC=CC2)cc(C)c1OCC(=O)OC1C2CC3C(=O)OC1C3C2. The van der Waals surface area contributed by atoms with Crippen molar-refractivity contribution in [1.29, 1.82) is 0 Å².